The van der Waals surface area contributed by atoms with Gasteiger partial charge in [0.1, 0.15) is 5.82 Å². The lowest BCUT2D eigenvalue weighted by molar-refractivity contribution is -0.00969. The Morgan fingerprint density at radius 1 is 1.12 bits per heavy atom. The number of rotatable bonds is 1. The number of hydrogen-bond donors (Lipinski definition) is 1. The van der Waals surface area contributed by atoms with E-state index in [1.807, 2.05) is 25.1 Å². The fourth-order valence-corrected chi connectivity index (χ4v) is 3.28. The van der Waals surface area contributed by atoms with Crippen LogP contribution in [0.25, 0.3) is 10.9 Å². The van der Waals surface area contributed by atoms with Crippen LogP contribution in [-0.4, -0.2) is 16.5 Å². The first-order valence-electron chi connectivity index (χ1n) is 8.19. The fraction of sp³-hybridized carbons (Fsp3) is 0.263. The molecule has 2 heterocycles. The third kappa shape index (κ3) is 2.77. The number of nitrogens with two attached hydrogens (primary N) is 1. The maximum atomic E-state index is 14.4. The van der Waals surface area contributed by atoms with Crippen molar-refractivity contribution in [2.45, 2.75) is 25.8 Å². The van der Waals surface area contributed by atoms with Crippen LogP contribution >= 0.6 is 0 Å². The number of nitrogen functional groups attached to an aromatic ring is 1. The minimum Gasteiger partial charge on any atom is -0.383 e. The van der Waals surface area contributed by atoms with Crippen molar-refractivity contribution in [1.82, 2.24) is 9.97 Å². The van der Waals surface area contributed by atoms with E-state index in [-0.39, 0.29) is 18.5 Å². The predicted molar refractivity (Wildman–Crippen MR) is 94.7 cm³/mol. The van der Waals surface area contributed by atoms with Crippen molar-refractivity contribution in [3.8, 4) is 0 Å². The number of nitrogens with zero attached hydrogens (tertiary/aromatic N) is 3. The summed E-state index contributed by atoms with van der Waals surface area (Å²) in [5.74, 6) is -2.10. The monoisotopic (exact) mass is 340 g/mol. The highest BCUT2D eigenvalue weighted by atomic mass is 19.3. The summed E-state index contributed by atoms with van der Waals surface area (Å²) in [6.07, 6.45) is -0.279. The molecule has 3 aromatic rings. The number of alkyl halides is 2. The number of aryl methyl sites for hydroxylation is 1. The van der Waals surface area contributed by atoms with Gasteiger partial charge in [0, 0.05) is 30.5 Å². The van der Waals surface area contributed by atoms with E-state index >= 15 is 0 Å². The molecule has 25 heavy (non-hydrogen) atoms. The van der Waals surface area contributed by atoms with Crippen molar-refractivity contribution in [3.05, 3.63) is 59.2 Å². The third-order valence-electron chi connectivity index (χ3n) is 4.62. The van der Waals surface area contributed by atoms with Gasteiger partial charge in [-0.3, -0.25) is 0 Å². The van der Waals surface area contributed by atoms with Gasteiger partial charge in [-0.05, 0) is 24.6 Å². The Kier molecular flexibility index (Phi) is 3.56. The first-order valence-corrected chi connectivity index (χ1v) is 8.19. The SMILES string of the molecule is Cc1ccc2nc(N3CCC(F)(F)c4ccccc4C3)nc(N)c2c1. The largest absolute Gasteiger partial charge is 0.383 e. The maximum absolute atomic E-state index is 14.4. The lowest BCUT2D eigenvalue weighted by Gasteiger charge is -2.21. The molecule has 4 rings (SSSR count). The minimum atomic E-state index is -2.86. The zero-order chi connectivity index (χ0) is 17.6. The summed E-state index contributed by atoms with van der Waals surface area (Å²) < 4.78 is 28.9. The number of halogens is 2. The molecule has 2 aromatic carbocycles. The van der Waals surface area contributed by atoms with Gasteiger partial charge < -0.3 is 10.6 Å². The Bertz CT molecular complexity index is 955. The van der Waals surface area contributed by atoms with Gasteiger partial charge in [-0.1, -0.05) is 35.9 Å². The molecule has 1 aliphatic heterocycles. The molecule has 2 N–H and O–H groups in total. The van der Waals surface area contributed by atoms with Gasteiger partial charge in [-0.25, -0.2) is 13.8 Å². The predicted octanol–water partition coefficient (Wildman–Crippen LogP) is 4.02. The molecule has 0 atom stereocenters. The van der Waals surface area contributed by atoms with Crippen LogP contribution in [0.1, 0.15) is 23.1 Å². The van der Waals surface area contributed by atoms with Crippen molar-refractivity contribution >= 4 is 22.7 Å². The van der Waals surface area contributed by atoms with Gasteiger partial charge >= 0.3 is 0 Å². The van der Waals surface area contributed by atoms with Crippen LogP contribution < -0.4 is 10.6 Å². The van der Waals surface area contributed by atoms with Crippen LogP contribution in [0.15, 0.2) is 42.5 Å². The van der Waals surface area contributed by atoms with Crippen LogP contribution in [0.2, 0.25) is 0 Å². The second-order valence-electron chi connectivity index (χ2n) is 6.46. The first-order chi connectivity index (χ1) is 11.9. The summed E-state index contributed by atoms with van der Waals surface area (Å²) in [7, 11) is 0. The Morgan fingerprint density at radius 3 is 2.76 bits per heavy atom. The summed E-state index contributed by atoms with van der Waals surface area (Å²) in [5, 5.41) is 0.782. The highest BCUT2D eigenvalue weighted by molar-refractivity contribution is 5.89. The van der Waals surface area contributed by atoms with E-state index in [2.05, 4.69) is 9.97 Å². The van der Waals surface area contributed by atoms with E-state index in [9.17, 15) is 8.78 Å². The number of hydrogen-bond acceptors (Lipinski definition) is 4. The average Bonchev–Trinajstić information content (AvgIpc) is 2.72. The summed E-state index contributed by atoms with van der Waals surface area (Å²) in [5.41, 5.74) is 8.56. The summed E-state index contributed by atoms with van der Waals surface area (Å²) in [6.45, 7) is 2.47. The van der Waals surface area contributed by atoms with E-state index in [0.717, 1.165) is 16.5 Å². The summed E-state index contributed by atoms with van der Waals surface area (Å²) >= 11 is 0. The number of fused-ring (bicyclic) bond motifs is 2. The minimum absolute atomic E-state index is 0.0851. The Hall–Kier alpha value is -2.76. The molecule has 6 heteroatoms. The molecule has 0 saturated heterocycles. The van der Waals surface area contributed by atoms with Crippen molar-refractivity contribution < 1.29 is 8.78 Å². The smallest absolute Gasteiger partial charge is 0.275 e. The lowest BCUT2D eigenvalue weighted by Crippen LogP contribution is -2.26. The normalized spacial score (nSPS) is 16.5. The fourth-order valence-electron chi connectivity index (χ4n) is 3.28. The Labute approximate surface area is 144 Å². The molecule has 0 radical (unpaired) electrons. The van der Waals surface area contributed by atoms with Crippen molar-refractivity contribution in [2.24, 2.45) is 0 Å². The molecule has 0 aliphatic carbocycles. The van der Waals surface area contributed by atoms with E-state index in [4.69, 9.17) is 5.73 Å². The van der Waals surface area contributed by atoms with Crippen LogP contribution in [0.5, 0.6) is 0 Å². The van der Waals surface area contributed by atoms with Crippen molar-refractivity contribution in [1.29, 1.82) is 0 Å². The summed E-state index contributed by atoms with van der Waals surface area (Å²) in [4.78, 5) is 10.7. The molecule has 0 spiro atoms. The molecule has 0 saturated carbocycles. The molecule has 0 bridgehead atoms. The quantitative estimate of drug-likeness (QED) is 0.727. The maximum Gasteiger partial charge on any atom is 0.275 e. The molecule has 128 valence electrons. The standard InChI is InChI=1S/C19H18F2N4/c1-12-6-7-16-14(10-12)17(22)24-18(23-16)25-9-8-19(20,21)15-5-3-2-4-13(15)11-25/h2-7,10H,8-9,11H2,1H3,(H2,22,23,24). The van der Waals surface area contributed by atoms with E-state index in [1.54, 1.807) is 23.1 Å². The van der Waals surface area contributed by atoms with Gasteiger partial charge in [0.15, 0.2) is 0 Å². The van der Waals surface area contributed by atoms with Gasteiger partial charge in [0.05, 0.1) is 5.52 Å². The Balaban J connectivity index is 1.78. The van der Waals surface area contributed by atoms with Crippen LogP contribution in [0, 0.1) is 6.92 Å². The molecule has 0 fully saturated rings. The van der Waals surface area contributed by atoms with Gasteiger partial charge in [-0.15, -0.1) is 0 Å². The topological polar surface area (TPSA) is 55.0 Å². The van der Waals surface area contributed by atoms with E-state index in [0.29, 0.717) is 23.9 Å². The van der Waals surface area contributed by atoms with Gasteiger partial charge in [0.25, 0.3) is 5.92 Å². The zero-order valence-corrected chi connectivity index (χ0v) is 13.8. The van der Waals surface area contributed by atoms with Gasteiger partial charge in [0.2, 0.25) is 5.95 Å². The second kappa shape index (κ2) is 5.65. The van der Waals surface area contributed by atoms with Crippen LogP contribution in [0.3, 0.4) is 0 Å². The average molecular weight is 340 g/mol. The van der Waals surface area contributed by atoms with E-state index in [1.165, 1.54) is 6.07 Å². The molecular weight excluding hydrogens is 322 g/mol. The Morgan fingerprint density at radius 2 is 1.92 bits per heavy atom. The molecule has 1 aliphatic rings. The molecule has 0 amide bonds. The number of benzene rings is 2. The number of anilines is 2. The zero-order valence-electron chi connectivity index (χ0n) is 13.8. The third-order valence-corrected chi connectivity index (χ3v) is 4.62. The van der Waals surface area contributed by atoms with Crippen molar-refractivity contribution in [3.63, 3.8) is 0 Å². The van der Waals surface area contributed by atoms with Crippen LogP contribution in [0.4, 0.5) is 20.5 Å². The van der Waals surface area contributed by atoms with Gasteiger partial charge in [-0.2, -0.15) is 4.98 Å². The van der Waals surface area contributed by atoms with Crippen LogP contribution in [-0.2, 0) is 12.5 Å². The van der Waals surface area contributed by atoms with Crippen molar-refractivity contribution in [2.75, 3.05) is 17.2 Å². The summed E-state index contributed by atoms with van der Waals surface area (Å²) in [6, 6.07) is 12.4. The second-order valence-corrected chi connectivity index (χ2v) is 6.46. The molecule has 1 aromatic heterocycles. The van der Waals surface area contributed by atoms with E-state index < -0.39 is 5.92 Å². The molecule has 0 unspecified atom stereocenters. The lowest BCUT2D eigenvalue weighted by atomic mass is 10.0. The first kappa shape index (κ1) is 15.7. The highest BCUT2D eigenvalue weighted by Crippen LogP contribution is 2.38. The molecular formula is C19H18F2N4. The molecule has 4 nitrogen and oxygen atoms in total. The highest BCUT2D eigenvalue weighted by Gasteiger charge is 2.37. The number of aromatic nitrogens is 2.